The van der Waals surface area contributed by atoms with Crippen molar-refractivity contribution in [2.45, 2.75) is 12.2 Å². The minimum absolute atomic E-state index is 0.360. The third-order valence-electron chi connectivity index (χ3n) is 3.91. The molecule has 1 saturated heterocycles. The molecule has 3 rings (SSSR count). The Balaban J connectivity index is 1.78. The number of methoxy groups -OCH3 is 1. The SMILES string of the molecule is COc1ccc(NC(=O)C2C3C=CC(O3)C2C(=O)O)cc1Cl. The third kappa shape index (κ3) is 2.44. The lowest BCUT2D eigenvalue weighted by Gasteiger charge is -2.21. The van der Waals surface area contributed by atoms with E-state index in [1.165, 1.54) is 7.11 Å². The molecule has 7 heteroatoms. The van der Waals surface area contributed by atoms with E-state index in [9.17, 15) is 14.7 Å². The summed E-state index contributed by atoms with van der Waals surface area (Å²) in [4.78, 5) is 23.8. The average molecular weight is 324 g/mol. The van der Waals surface area contributed by atoms with Crippen molar-refractivity contribution in [1.29, 1.82) is 0 Å². The lowest BCUT2D eigenvalue weighted by Crippen LogP contribution is -2.39. The van der Waals surface area contributed by atoms with Crippen LogP contribution in [0.15, 0.2) is 30.4 Å². The molecule has 0 radical (unpaired) electrons. The van der Waals surface area contributed by atoms with Crippen molar-refractivity contribution in [2.75, 3.05) is 12.4 Å². The van der Waals surface area contributed by atoms with Gasteiger partial charge in [0.2, 0.25) is 5.91 Å². The zero-order valence-corrected chi connectivity index (χ0v) is 12.4. The highest BCUT2D eigenvalue weighted by Crippen LogP contribution is 2.40. The number of carbonyl (C=O) groups is 2. The first kappa shape index (κ1) is 14.9. The van der Waals surface area contributed by atoms with Gasteiger partial charge in [0.25, 0.3) is 0 Å². The Hall–Kier alpha value is -2.05. The van der Waals surface area contributed by atoms with Crippen molar-refractivity contribution in [3.8, 4) is 5.75 Å². The summed E-state index contributed by atoms with van der Waals surface area (Å²) in [5, 5.41) is 12.4. The van der Waals surface area contributed by atoms with Crippen LogP contribution in [-0.4, -0.2) is 36.3 Å². The molecule has 2 aliphatic rings. The van der Waals surface area contributed by atoms with Crippen LogP contribution in [0.25, 0.3) is 0 Å². The highest BCUT2D eigenvalue weighted by Gasteiger charge is 2.53. The van der Waals surface area contributed by atoms with Crippen LogP contribution in [-0.2, 0) is 14.3 Å². The topological polar surface area (TPSA) is 84.9 Å². The van der Waals surface area contributed by atoms with Gasteiger partial charge in [0.1, 0.15) is 11.7 Å². The average Bonchev–Trinajstić information content (AvgIpc) is 3.07. The standard InChI is InChI=1S/C15H14ClNO5/c1-21-9-3-2-7(6-8(9)16)17-14(18)12-10-4-5-11(22-10)13(12)15(19)20/h2-6,10-13H,1H3,(H,17,18)(H,19,20). The molecule has 2 bridgehead atoms. The van der Waals surface area contributed by atoms with E-state index >= 15 is 0 Å². The van der Waals surface area contributed by atoms with E-state index in [4.69, 9.17) is 21.1 Å². The second kappa shape index (κ2) is 5.62. The summed E-state index contributed by atoms with van der Waals surface area (Å²) in [6, 6.07) is 4.82. The van der Waals surface area contributed by atoms with Gasteiger partial charge in [-0.05, 0) is 18.2 Å². The van der Waals surface area contributed by atoms with Gasteiger partial charge in [-0.3, -0.25) is 9.59 Å². The van der Waals surface area contributed by atoms with Gasteiger partial charge in [-0.2, -0.15) is 0 Å². The zero-order valence-electron chi connectivity index (χ0n) is 11.7. The van der Waals surface area contributed by atoms with Crippen LogP contribution in [0.2, 0.25) is 5.02 Å². The summed E-state index contributed by atoms with van der Waals surface area (Å²) in [6.07, 6.45) is 2.38. The molecule has 2 N–H and O–H groups in total. The molecular weight excluding hydrogens is 310 g/mol. The van der Waals surface area contributed by atoms with Gasteiger partial charge < -0.3 is 19.9 Å². The second-order valence-corrected chi connectivity index (χ2v) is 5.59. The number of carboxylic acids is 1. The van der Waals surface area contributed by atoms with Crippen molar-refractivity contribution in [3.05, 3.63) is 35.4 Å². The van der Waals surface area contributed by atoms with Gasteiger partial charge in [0, 0.05) is 5.69 Å². The van der Waals surface area contributed by atoms with E-state index in [1.807, 2.05) is 0 Å². The first-order valence-electron chi connectivity index (χ1n) is 6.72. The maximum absolute atomic E-state index is 12.4. The minimum Gasteiger partial charge on any atom is -0.495 e. The number of anilines is 1. The Morgan fingerprint density at radius 3 is 2.55 bits per heavy atom. The van der Waals surface area contributed by atoms with E-state index in [2.05, 4.69) is 5.32 Å². The second-order valence-electron chi connectivity index (χ2n) is 5.18. The van der Waals surface area contributed by atoms with Crippen LogP contribution in [0.4, 0.5) is 5.69 Å². The van der Waals surface area contributed by atoms with Crippen molar-refractivity contribution < 1.29 is 24.2 Å². The summed E-state index contributed by atoms with van der Waals surface area (Å²) >= 11 is 6.01. The monoisotopic (exact) mass is 323 g/mol. The van der Waals surface area contributed by atoms with Crippen molar-refractivity contribution >= 4 is 29.2 Å². The third-order valence-corrected chi connectivity index (χ3v) is 4.20. The van der Waals surface area contributed by atoms with Gasteiger partial charge >= 0.3 is 5.97 Å². The molecule has 2 aliphatic heterocycles. The number of amides is 1. The van der Waals surface area contributed by atoms with Gasteiger partial charge in [0.15, 0.2) is 0 Å². The molecule has 0 saturated carbocycles. The fraction of sp³-hybridized carbons (Fsp3) is 0.333. The maximum atomic E-state index is 12.4. The Morgan fingerprint density at radius 2 is 1.95 bits per heavy atom. The summed E-state index contributed by atoms with van der Waals surface area (Å²) in [5.74, 6) is -2.57. The largest absolute Gasteiger partial charge is 0.495 e. The number of hydrogen-bond donors (Lipinski definition) is 2. The molecular formula is C15H14ClNO5. The van der Waals surface area contributed by atoms with E-state index in [0.29, 0.717) is 16.5 Å². The van der Waals surface area contributed by atoms with Gasteiger partial charge in [-0.25, -0.2) is 0 Å². The number of aliphatic carboxylic acids is 1. The fourth-order valence-electron chi connectivity index (χ4n) is 2.88. The van der Waals surface area contributed by atoms with Crippen LogP contribution >= 0.6 is 11.6 Å². The van der Waals surface area contributed by atoms with Crippen LogP contribution in [0.3, 0.4) is 0 Å². The molecule has 4 unspecified atom stereocenters. The molecule has 0 spiro atoms. The van der Waals surface area contributed by atoms with Crippen LogP contribution in [0, 0.1) is 11.8 Å². The predicted molar refractivity (Wildman–Crippen MR) is 79.1 cm³/mol. The first-order chi connectivity index (χ1) is 10.5. The Morgan fingerprint density at radius 1 is 1.27 bits per heavy atom. The molecule has 4 atom stereocenters. The zero-order chi connectivity index (χ0) is 15.9. The number of halogens is 1. The summed E-state index contributed by atoms with van der Waals surface area (Å²) in [7, 11) is 1.50. The Kier molecular flexibility index (Phi) is 3.80. The first-order valence-corrected chi connectivity index (χ1v) is 7.10. The van der Waals surface area contributed by atoms with Gasteiger partial charge in [0.05, 0.1) is 30.3 Å². The predicted octanol–water partition coefficient (Wildman–Crippen LogP) is 1.94. The molecule has 6 nitrogen and oxygen atoms in total. The molecule has 1 fully saturated rings. The normalized spacial score (nSPS) is 28.6. The lowest BCUT2D eigenvalue weighted by atomic mass is 9.82. The molecule has 0 aromatic heterocycles. The molecule has 1 amide bonds. The lowest BCUT2D eigenvalue weighted by molar-refractivity contribution is -0.145. The molecule has 1 aromatic rings. The Labute approximate surface area is 131 Å². The molecule has 0 aliphatic carbocycles. The van der Waals surface area contributed by atoms with E-state index in [1.54, 1.807) is 30.4 Å². The number of carbonyl (C=O) groups excluding carboxylic acids is 1. The van der Waals surface area contributed by atoms with E-state index < -0.39 is 35.9 Å². The number of fused-ring (bicyclic) bond motifs is 2. The fourth-order valence-corrected chi connectivity index (χ4v) is 3.14. The van der Waals surface area contributed by atoms with Crippen molar-refractivity contribution in [2.24, 2.45) is 11.8 Å². The quantitative estimate of drug-likeness (QED) is 0.827. The van der Waals surface area contributed by atoms with Crippen LogP contribution in [0.5, 0.6) is 5.75 Å². The van der Waals surface area contributed by atoms with Gasteiger partial charge in [-0.1, -0.05) is 23.8 Å². The van der Waals surface area contributed by atoms with Crippen LogP contribution in [0.1, 0.15) is 0 Å². The van der Waals surface area contributed by atoms with E-state index in [-0.39, 0.29) is 0 Å². The summed E-state index contributed by atoms with van der Waals surface area (Å²) in [6.45, 7) is 0. The summed E-state index contributed by atoms with van der Waals surface area (Å²) in [5.41, 5.74) is 0.478. The van der Waals surface area contributed by atoms with Crippen LogP contribution < -0.4 is 10.1 Å². The minimum atomic E-state index is -1.04. The number of carboxylic acid groups (broad SMARTS) is 1. The maximum Gasteiger partial charge on any atom is 0.310 e. The van der Waals surface area contributed by atoms with Crippen molar-refractivity contribution in [1.82, 2.24) is 0 Å². The molecule has 2 heterocycles. The summed E-state index contributed by atoms with van der Waals surface area (Å²) < 4.78 is 10.5. The number of benzene rings is 1. The molecule has 1 aromatic carbocycles. The smallest absolute Gasteiger partial charge is 0.310 e. The molecule has 116 valence electrons. The number of ether oxygens (including phenoxy) is 2. The van der Waals surface area contributed by atoms with Crippen molar-refractivity contribution in [3.63, 3.8) is 0 Å². The highest BCUT2D eigenvalue weighted by molar-refractivity contribution is 6.32. The van der Waals surface area contributed by atoms with E-state index in [0.717, 1.165) is 0 Å². The molecule has 22 heavy (non-hydrogen) atoms. The number of rotatable bonds is 4. The number of nitrogens with one attached hydrogen (secondary N) is 1. The Bertz CT molecular complexity index is 659. The van der Waals surface area contributed by atoms with Gasteiger partial charge in [-0.15, -0.1) is 0 Å². The number of hydrogen-bond acceptors (Lipinski definition) is 4. The highest BCUT2D eigenvalue weighted by atomic mass is 35.5.